The Morgan fingerprint density at radius 2 is 2.17 bits per heavy atom. The Balaban J connectivity index is 2.01. The van der Waals surface area contributed by atoms with Gasteiger partial charge in [0.05, 0.1) is 5.52 Å². The number of hydrogen-bond donors (Lipinski definition) is 0. The molecule has 0 spiro atoms. The smallest absolute Gasteiger partial charge is 0.188 e. The number of aromatic nitrogens is 2. The molecule has 3 rings (SSSR count). The number of rotatable bonds is 3. The maximum Gasteiger partial charge on any atom is 0.188 e. The monoisotopic (exact) mass is 256 g/mol. The zero-order chi connectivity index (χ0) is 12.5. The lowest BCUT2D eigenvalue weighted by Crippen LogP contribution is -2.05. The first-order valence-electron chi connectivity index (χ1n) is 5.72. The average Bonchev–Trinajstić information content (AvgIpc) is 2.98. The molecule has 3 nitrogen and oxygen atoms in total. The summed E-state index contributed by atoms with van der Waals surface area (Å²) in [4.78, 5) is 12.3. The summed E-state index contributed by atoms with van der Waals surface area (Å²) >= 11 is 1.61. The highest BCUT2D eigenvalue weighted by molar-refractivity contribution is 7.08. The van der Waals surface area contributed by atoms with Crippen LogP contribution in [0.1, 0.15) is 16.1 Å². The van der Waals surface area contributed by atoms with Crippen LogP contribution < -0.4 is 0 Å². The summed E-state index contributed by atoms with van der Waals surface area (Å²) in [6.07, 6.45) is 0.421. The summed E-state index contributed by atoms with van der Waals surface area (Å²) in [6, 6.07) is 9.79. The van der Waals surface area contributed by atoms with Gasteiger partial charge in [0.15, 0.2) is 5.78 Å². The number of aryl methyl sites for hydroxylation is 1. The van der Waals surface area contributed by atoms with Crippen LogP contribution in [0.2, 0.25) is 0 Å². The second-order valence-corrected chi connectivity index (χ2v) is 5.00. The van der Waals surface area contributed by atoms with E-state index in [-0.39, 0.29) is 5.78 Å². The second kappa shape index (κ2) is 4.38. The molecule has 1 aromatic carbocycles. The highest BCUT2D eigenvalue weighted by Gasteiger charge is 2.15. The third-order valence-corrected chi connectivity index (χ3v) is 3.70. The number of carbonyl (C=O) groups is 1. The van der Waals surface area contributed by atoms with Crippen molar-refractivity contribution >= 4 is 28.0 Å². The molecule has 0 saturated carbocycles. The fraction of sp³-hybridized carbons (Fsp3) is 0.143. The number of nitrogens with zero attached hydrogens (tertiary/aromatic N) is 2. The molecule has 0 amide bonds. The second-order valence-electron chi connectivity index (χ2n) is 4.22. The highest BCUT2D eigenvalue weighted by Crippen LogP contribution is 2.19. The van der Waals surface area contributed by atoms with Crippen molar-refractivity contribution < 1.29 is 4.79 Å². The van der Waals surface area contributed by atoms with Gasteiger partial charge in [0, 0.05) is 18.9 Å². The van der Waals surface area contributed by atoms with E-state index in [9.17, 15) is 4.79 Å². The molecule has 0 bridgehead atoms. The Kier molecular flexibility index (Phi) is 2.72. The van der Waals surface area contributed by atoms with Crippen molar-refractivity contribution in [3.63, 3.8) is 0 Å². The standard InChI is InChI=1S/C14H12N2OS/c1-16-12-5-3-2-4-11(12)14(15-16)13(17)8-10-6-7-18-9-10/h2-7,9H,8H2,1H3. The van der Waals surface area contributed by atoms with Crippen LogP contribution in [-0.4, -0.2) is 15.6 Å². The lowest BCUT2D eigenvalue weighted by molar-refractivity contribution is 0.0989. The minimum Gasteiger partial charge on any atom is -0.292 e. The maximum atomic E-state index is 12.3. The van der Waals surface area contributed by atoms with Gasteiger partial charge < -0.3 is 0 Å². The Bertz CT molecular complexity index is 698. The number of Topliss-reactive ketones (excluding diaryl/α,β-unsaturated/α-hetero) is 1. The Morgan fingerprint density at radius 1 is 1.33 bits per heavy atom. The first-order chi connectivity index (χ1) is 8.75. The fourth-order valence-corrected chi connectivity index (χ4v) is 2.75. The summed E-state index contributed by atoms with van der Waals surface area (Å²) in [5.41, 5.74) is 2.62. The highest BCUT2D eigenvalue weighted by atomic mass is 32.1. The van der Waals surface area contributed by atoms with E-state index in [4.69, 9.17) is 0 Å². The van der Waals surface area contributed by atoms with E-state index in [0.29, 0.717) is 12.1 Å². The van der Waals surface area contributed by atoms with Crippen LogP contribution in [0.5, 0.6) is 0 Å². The predicted octanol–water partition coefficient (Wildman–Crippen LogP) is 3.06. The topological polar surface area (TPSA) is 34.9 Å². The van der Waals surface area contributed by atoms with E-state index in [2.05, 4.69) is 5.10 Å². The molecule has 4 heteroatoms. The largest absolute Gasteiger partial charge is 0.292 e. The molecule has 0 atom stereocenters. The zero-order valence-corrected chi connectivity index (χ0v) is 10.8. The van der Waals surface area contributed by atoms with Gasteiger partial charge in [-0.3, -0.25) is 9.48 Å². The lowest BCUT2D eigenvalue weighted by atomic mass is 10.1. The fourth-order valence-electron chi connectivity index (χ4n) is 2.08. The molecule has 0 fully saturated rings. The van der Waals surface area contributed by atoms with Gasteiger partial charge in [0.25, 0.3) is 0 Å². The molecule has 0 saturated heterocycles. The third kappa shape index (κ3) is 1.84. The Morgan fingerprint density at radius 3 is 2.94 bits per heavy atom. The molecule has 0 aliphatic carbocycles. The Hall–Kier alpha value is -1.94. The van der Waals surface area contributed by atoms with Crippen molar-refractivity contribution in [2.45, 2.75) is 6.42 Å². The molecule has 3 aromatic rings. The first kappa shape index (κ1) is 11.2. The van der Waals surface area contributed by atoms with Crippen LogP contribution in [0.25, 0.3) is 10.9 Å². The molecule has 0 aliphatic heterocycles. The molecular formula is C14H12N2OS. The summed E-state index contributed by atoms with van der Waals surface area (Å²) in [7, 11) is 1.86. The van der Waals surface area contributed by atoms with Crippen molar-refractivity contribution in [1.82, 2.24) is 9.78 Å². The number of thiophene rings is 1. The number of hydrogen-bond acceptors (Lipinski definition) is 3. The predicted molar refractivity (Wildman–Crippen MR) is 73.1 cm³/mol. The van der Waals surface area contributed by atoms with Crippen molar-refractivity contribution in [1.29, 1.82) is 0 Å². The number of benzene rings is 1. The minimum atomic E-state index is 0.0743. The normalized spacial score (nSPS) is 10.9. The molecule has 0 unspecified atom stereocenters. The van der Waals surface area contributed by atoms with Gasteiger partial charge in [0.2, 0.25) is 0 Å². The molecule has 0 N–H and O–H groups in total. The Labute approximate surface area is 109 Å². The molecule has 2 heterocycles. The van der Waals surface area contributed by atoms with Crippen LogP contribution in [0, 0.1) is 0 Å². The number of para-hydroxylation sites is 1. The molecule has 2 aromatic heterocycles. The van der Waals surface area contributed by atoms with Gasteiger partial charge in [0.1, 0.15) is 5.69 Å². The van der Waals surface area contributed by atoms with Gasteiger partial charge >= 0.3 is 0 Å². The van der Waals surface area contributed by atoms with E-state index in [1.807, 2.05) is 48.1 Å². The number of fused-ring (bicyclic) bond motifs is 1. The van der Waals surface area contributed by atoms with Gasteiger partial charge in [-0.25, -0.2) is 0 Å². The van der Waals surface area contributed by atoms with Crippen LogP contribution in [-0.2, 0) is 13.5 Å². The SMILES string of the molecule is Cn1nc(C(=O)Cc2ccsc2)c2ccccc21. The summed E-state index contributed by atoms with van der Waals surface area (Å²) in [6.45, 7) is 0. The van der Waals surface area contributed by atoms with Crippen molar-refractivity contribution in [3.05, 3.63) is 52.3 Å². The van der Waals surface area contributed by atoms with Crippen LogP contribution in [0.4, 0.5) is 0 Å². The van der Waals surface area contributed by atoms with Crippen LogP contribution >= 0.6 is 11.3 Å². The maximum absolute atomic E-state index is 12.3. The van der Waals surface area contributed by atoms with E-state index >= 15 is 0 Å². The lowest BCUT2D eigenvalue weighted by Gasteiger charge is -1.95. The van der Waals surface area contributed by atoms with Crippen molar-refractivity contribution in [2.24, 2.45) is 7.05 Å². The molecule has 0 aliphatic rings. The third-order valence-electron chi connectivity index (χ3n) is 2.97. The van der Waals surface area contributed by atoms with E-state index in [1.54, 1.807) is 16.0 Å². The molecular weight excluding hydrogens is 244 g/mol. The number of carbonyl (C=O) groups excluding carboxylic acids is 1. The van der Waals surface area contributed by atoms with Crippen LogP contribution in [0.15, 0.2) is 41.1 Å². The molecule has 90 valence electrons. The summed E-state index contributed by atoms with van der Waals surface area (Å²) in [5.74, 6) is 0.0743. The molecule has 0 radical (unpaired) electrons. The molecule has 18 heavy (non-hydrogen) atoms. The minimum absolute atomic E-state index is 0.0743. The van der Waals surface area contributed by atoms with E-state index < -0.39 is 0 Å². The summed E-state index contributed by atoms with van der Waals surface area (Å²) in [5, 5.41) is 9.26. The first-order valence-corrected chi connectivity index (χ1v) is 6.66. The zero-order valence-electron chi connectivity index (χ0n) is 9.96. The van der Waals surface area contributed by atoms with Crippen molar-refractivity contribution in [3.8, 4) is 0 Å². The quantitative estimate of drug-likeness (QED) is 0.675. The van der Waals surface area contributed by atoms with Gasteiger partial charge in [-0.05, 0) is 28.5 Å². The van der Waals surface area contributed by atoms with E-state index in [1.165, 1.54) is 0 Å². The average molecular weight is 256 g/mol. The van der Waals surface area contributed by atoms with Gasteiger partial charge in [-0.2, -0.15) is 16.4 Å². The van der Waals surface area contributed by atoms with Gasteiger partial charge in [-0.1, -0.05) is 18.2 Å². The van der Waals surface area contributed by atoms with Crippen LogP contribution in [0.3, 0.4) is 0 Å². The van der Waals surface area contributed by atoms with Gasteiger partial charge in [-0.15, -0.1) is 0 Å². The van der Waals surface area contributed by atoms with Crippen molar-refractivity contribution in [2.75, 3.05) is 0 Å². The summed E-state index contributed by atoms with van der Waals surface area (Å²) < 4.78 is 1.76. The number of ketones is 1. The van der Waals surface area contributed by atoms with E-state index in [0.717, 1.165) is 16.5 Å².